The zero-order valence-electron chi connectivity index (χ0n) is 17.2. The van der Waals surface area contributed by atoms with E-state index in [1.165, 1.54) is 13.0 Å². The number of hydrogen-bond donors (Lipinski definition) is 2. The molecule has 4 amide bonds. The molecule has 0 aromatic heterocycles. The summed E-state index contributed by atoms with van der Waals surface area (Å²) >= 11 is 6.08. The highest BCUT2D eigenvalue weighted by Gasteiger charge is 2.50. The third-order valence-corrected chi connectivity index (χ3v) is 5.77. The molecule has 1 aliphatic heterocycles. The van der Waals surface area contributed by atoms with E-state index < -0.39 is 35.7 Å². The molecule has 0 spiro atoms. The summed E-state index contributed by atoms with van der Waals surface area (Å²) < 4.78 is 13.4. The van der Waals surface area contributed by atoms with Crippen LogP contribution in [0.25, 0.3) is 0 Å². The number of amides is 4. The van der Waals surface area contributed by atoms with Crippen molar-refractivity contribution in [3.05, 3.63) is 69.5 Å². The molecule has 1 heterocycles. The molecule has 2 aromatic carbocycles. The average molecular weight is 432 g/mol. The number of imide groups is 1. The molecule has 2 unspecified atom stereocenters. The molecule has 6 nitrogen and oxygen atoms in total. The number of hydrogen-bond acceptors (Lipinski definition) is 3. The molecule has 0 bridgehead atoms. The normalized spacial score (nSPS) is 19.6. The number of urea groups is 1. The summed E-state index contributed by atoms with van der Waals surface area (Å²) in [7, 11) is 0. The first-order valence-electron chi connectivity index (χ1n) is 9.49. The summed E-state index contributed by atoms with van der Waals surface area (Å²) in [6.07, 6.45) is 0. The van der Waals surface area contributed by atoms with Crippen molar-refractivity contribution in [1.29, 1.82) is 0 Å². The van der Waals surface area contributed by atoms with Crippen LogP contribution in [0.3, 0.4) is 0 Å². The maximum atomic E-state index is 13.4. The van der Waals surface area contributed by atoms with Crippen LogP contribution in [0.4, 0.5) is 9.18 Å². The van der Waals surface area contributed by atoms with Crippen LogP contribution < -0.4 is 10.6 Å². The van der Waals surface area contributed by atoms with Gasteiger partial charge in [0.1, 0.15) is 17.9 Å². The zero-order valence-corrected chi connectivity index (χ0v) is 17.9. The smallest absolute Gasteiger partial charge is 0.325 e. The Morgan fingerprint density at radius 3 is 2.53 bits per heavy atom. The van der Waals surface area contributed by atoms with Crippen LogP contribution in [-0.2, 0) is 15.1 Å². The Labute approximate surface area is 179 Å². The van der Waals surface area contributed by atoms with Gasteiger partial charge in [0, 0.05) is 10.6 Å². The molecule has 1 fully saturated rings. The number of carbonyl (C=O) groups excluding carboxylic acids is 3. The Bertz CT molecular complexity index is 1040. The number of benzene rings is 2. The molecular formula is C22H23ClFN3O3. The van der Waals surface area contributed by atoms with Gasteiger partial charge < -0.3 is 10.6 Å². The number of rotatable bonds is 5. The standard InChI is InChI=1S/C22H23ClFN3O3/c1-12-5-6-15(9-13(12)2)14(3)25-19(28)11-27-20(29)22(4,26-21(27)30)17-8-7-16(24)10-18(17)23/h5-10,14H,11H2,1-4H3,(H,25,28)(H,26,30). The van der Waals surface area contributed by atoms with Crippen LogP contribution in [0, 0.1) is 19.7 Å². The van der Waals surface area contributed by atoms with Gasteiger partial charge in [0.15, 0.2) is 0 Å². The second kappa shape index (κ2) is 8.07. The second-order valence-corrected chi connectivity index (χ2v) is 8.11. The number of halogens is 2. The zero-order chi connectivity index (χ0) is 22.2. The predicted molar refractivity (Wildman–Crippen MR) is 111 cm³/mol. The highest BCUT2D eigenvalue weighted by molar-refractivity contribution is 6.32. The molecule has 3 rings (SSSR count). The van der Waals surface area contributed by atoms with Gasteiger partial charge in [0.2, 0.25) is 5.91 Å². The lowest BCUT2D eigenvalue weighted by Crippen LogP contribution is -2.43. The number of carbonyl (C=O) groups is 3. The van der Waals surface area contributed by atoms with Gasteiger partial charge in [-0.2, -0.15) is 0 Å². The maximum absolute atomic E-state index is 13.4. The fourth-order valence-electron chi connectivity index (χ4n) is 3.47. The minimum atomic E-state index is -1.48. The summed E-state index contributed by atoms with van der Waals surface area (Å²) in [6, 6.07) is 8.46. The highest BCUT2D eigenvalue weighted by atomic mass is 35.5. The number of nitrogens with zero attached hydrogens (tertiary/aromatic N) is 1. The first-order valence-corrected chi connectivity index (χ1v) is 9.87. The van der Waals surface area contributed by atoms with Crippen molar-refractivity contribution in [2.75, 3.05) is 6.54 Å². The van der Waals surface area contributed by atoms with Crippen molar-refractivity contribution in [2.45, 2.75) is 39.3 Å². The van der Waals surface area contributed by atoms with Crippen LogP contribution in [0.1, 0.15) is 42.1 Å². The van der Waals surface area contributed by atoms with E-state index in [1.54, 1.807) is 0 Å². The van der Waals surface area contributed by atoms with E-state index in [2.05, 4.69) is 10.6 Å². The summed E-state index contributed by atoms with van der Waals surface area (Å²) in [4.78, 5) is 38.7. The van der Waals surface area contributed by atoms with Crippen LogP contribution in [0.5, 0.6) is 0 Å². The third kappa shape index (κ3) is 4.03. The summed E-state index contributed by atoms with van der Waals surface area (Å²) in [6.45, 7) is 6.86. The lowest BCUT2D eigenvalue weighted by atomic mass is 9.92. The van der Waals surface area contributed by atoms with Crippen molar-refractivity contribution in [3.8, 4) is 0 Å². The Kier molecular flexibility index (Phi) is 5.85. The average Bonchev–Trinajstić information content (AvgIpc) is 2.87. The molecule has 8 heteroatoms. The molecule has 30 heavy (non-hydrogen) atoms. The summed E-state index contributed by atoms with van der Waals surface area (Å²) in [5, 5.41) is 5.38. The minimum Gasteiger partial charge on any atom is -0.348 e. The Morgan fingerprint density at radius 2 is 1.90 bits per heavy atom. The summed E-state index contributed by atoms with van der Waals surface area (Å²) in [5.74, 6) is -1.66. The van der Waals surface area contributed by atoms with E-state index in [9.17, 15) is 18.8 Å². The van der Waals surface area contributed by atoms with Crippen LogP contribution in [0.15, 0.2) is 36.4 Å². The van der Waals surface area contributed by atoms with Gasteiger partial charge in [-0.25, -0.2) is 9.18 Å². The fraction of sp³-hybridized carbons (Fsp3) is 0.318. The van der Waals surface area contributed by atoms with Crippen LogP contribution in [-0.4, -0.2) is 29.3 Å². The molecule has 0 saturated carbocycles. The van der Waals surface area contributed by atoms with Gasteiger partial charge in [0.05, 0.1) is 6.04 Å². The minimum absolute atomic E-state index is 0.0146. The van der Waals surface area contributed by atoms with Crippen LogP contribution >= 0.6 is 11.6 Å². The quantitative estimate of drug-likeness (QED) is 0.708. The monoisotopic (exact) mass is 431 g/mol. The largest absolute Gasteiger partial charge is 0.348 e. The fourth-order valence-corrected chi connectivity index (χ4v) is 3.82. The molecule has 0 radical (unpaired) electrons. The second-order valence-electron chi connectivity index (χ2n) is 7.70. The molecule has 2 atom stereocenters. The third-order valence-electron chi connectivity index (χ3n) is 5.45. The van der Waals surface area contributed by atoms with Crippen molar-refractivity contribution in [2.24, 2.45) is 0 Å². The number of nitrogens with one attached hydrogen (secondary N) is 2. The Morgan fingerprint density at radius 1 is 1.20 bits per heavy atom. The molecule has 2 N–H and O–H groups in total. The lowest BCUT2D eigenvalue weighted by molar-refractivity contribution is -0.135. The van der Waals surface area contributed by atoms with Crippen molar-refractivity contribution in [1.82, 2.24) is 15.5 Å². The Hall–Kier alpha value is -2.93. The van der Waals surface area contributed by atoms with Gasteiger partial charge in [0.25, 0.3) is 5.91 Å². The van der Waals surface area contributed by atoms with Gasteiger partial charge >= 0.3 is 6.03 Å². The topological polar surface area (TPSA) is 78.5 Å². The predicted octanol–water partition coefficient (Wildman–Crippen LogP) is 3.74. The SMILES string of the molecule is Cc1ccc(C(C)NC(=O)CN2C(=O)NC(C)(c3ccc(F)cc3Cl)C2=O)cc1C. The molecule has 0 aliphatic carbocycles. The Balaban J connectivity index is 1.73. The van der Waals surface area contributed by atoms with Gasteiger partial charge in [-0.05, 0) is 56.5 Å². The van der Waals surface area contributed by atoms with Gasteiger partial charge in [-0.15, -0.1) is 0 Å². The summed E-state index contributed by atoms with van der Waals surface area (Å²) in [5.41, 5.74) is 1.95. The van der Waals surface area contributed by atoms with Crippen LogP contribution in [0.2, 0.25) is 5.02 Å². The molecule has 2 aromatic rings. The van der Waals surface area contributed by atoms with Crippen molar-refractivity contribution in [3.63, 3.8) is 0 Å². The van der Waals surface area contributed by atoms with Crippen molar-refractivity contribution < 1.29 is 18.8 Å². The molecule has 1 saturated heterocycles. The molecular weight excluding hydrogens is 409 g/mol. The van der Waals surface area contributed by atoms with E-state index in [0.29, 0.717) is 0 Å². The molecule has 1 aliphatic rings. The van der Waals surface area contributed by atoms with E-state index in [0.717, 1.165) is 33.7 Å². The first kappa shape index (κ1) is 21.8. The first-order chi connectivity index (χ1) is 14.0. The lowest BCUT2D eigenvalue weighted by Gasteiger charge is -2.23. The van der Waals surface area contributed by atoms with Crippen molar-refractivity contribution >= 4 is 29.4 Å². The van der Waals surface area contributed by atoms with E-state index in [-0.39, 0.29) is 16.6 Å². The van der Waals surface area contributed by atoms with E-state index in [1.807, 2.05) is 39.0 Å². The number of aryl methyl sites for hydroxylation is 2. The van der Waals surface area contributed by atoms with Gasteiger partial charge in [-0.3, -0.25) is 14.5 Å². The molecule has 158 valence electrons. The maximum Gasteiger partial charge on any atom is 0.325 e. The van der Waals surface area contributed by atoms with E-state index >= 15 is 0 Å². The van der Waals surface area contributed by atoms with E-state index in [4.69, 9.17) is 11.6 Å². The highest BCUT2D eigenvalue weighted by Crippen LogP contribution is 2.33. The van der Waals surface area contributed by atoms with Gasteiger partial charge in [-0.1, -0.05) is 35.9 Å².